The highest BCUT2D eigenvalue weighted by atomic mass is 32.2. The van der Waals surface area contributed by atoms with Crippen LogP contribution in [-0.4, -0.2) is 30.0 Å². The Kier molecular flexibility index (Phi) is 6.16. The molecule has 3 nitrogen and oxygen atoms in total. The van der Waals surface area contributed by atoms with Crippen molar-refractivity contribution in [1.29, 1.82) is 0 Å². The number of hydrogen-bond acceptors (Lipinski definition) is 3. The van der Waals surface area contributed by atoms with Gasteiger partial charge in [0.05, 0.1) is 6.04 Å². The van der Waals surface area contributed by atoms with Gasteiger partial charge < -0.3 is 11.1 Å². The summed E-state index contributed by atoms with van der Waals surface area (Å²) in [7, 11) is 1.76. The molecule has 0 fully saturated rings. The van der Waals surface area contributed by atoms with Gasteiger partial charge in [-0.1, -0.05) is 20.8 Å². The number of carbonyl (C=O) groups is 1. The highest BCUT2D eigenvalue weighted by Crippen LogP contribution is 2.19. The van der Waals surface area contributed by atoms with E-state index in [9.17, 15) is 4.79 Å². The maximum Gasteiger partial charge on any atom is 0.235 e. The third-order valence-electron chi connectivity index (χ3n) is 2.16. The summed E-state index contributed by atoms with van der Waals surface area (Å²) in [5, 5.41) is 3.47. The summed E-state index contributed by atoms with van der Waals surface area (Å²) in [6, 6.07) is -0.203. The number of hydrogen-bond donors (Lipinski definition) is 2. The van der Waals surface area contributed by atoms with Crippen LogP contribution in [-0.2, 0) is 4.79 Å². The number of thioether (sulfide) groups is 1. The van der Waals surface area contributed by atoms with E-state index in [0.29, 0.717) is 11.2 Å². The summed E-state index contributed by atoms with van der Waals surface area (Å²) < 4.78 is 0. The maximum absolute atomic E-state index is 10.9. The fourth-order valence-corrected chi connectivity index (χ4v) is 1.96. The van der Waals surface area contributed by atoms with Gasteiger partial charge in [0.1, 0.15) is 0 Å². The molecular formula is C9H20N2OS. The van der Waals surface area contributed by atoms with Crippen LogP contribution in [0.1, 0.15) is 20.8 Å². The fourth-order valence-electron chi connectivity index (χ4n) is 0.748. The molecule has 0 aliphatic carbocycles. The number of carbonyl (C=O) groups excluding carboxylic acids is 1. The first-order valence-corrected chi connectivity index (χ1v) is 5.62. The minimum absolute atomic E-state index is 0.203. The number of rotatable bonds is 6. The van der Waals surface area contributed by atoms with Crippen molar-refractivity contribution in [3.63, 3.8) is 0 Å². The lowest BCUT2D eigenvalue weighted by molar-refractivity contribution is -0.119. The maximum atomic E-state index is 10.9. The van der Waals surface area contributed by atoms with E-state index in [4.69, 9.17) is 5.73 Å². The summed E-state index contributed by atoms with van der Waals surface area (Å²) in [5.41, 5.74) is 5.19. The molecule has 3 N–H and O–H groups in total. The fraction of sp³-hybridized carbons (Fsp3) is 0.889. The van der Waals surface area contributed by atoms with Crippen molar-refractivity contribution in [2.45, 2.75) is 32.1 Å². The van der Waals surface area contributed by atoms with E-state index >= 15 is 0 Å². The average molecular weight is 204 g/mol. The van der Waals surface area contributed by atoms with Crippen LogP contribution >= 0.6 is 11.8 Å². The summed E-state index contributed by atoms with van der Waals surface area (Å²) >= 11 is 1.78. The zero-order valence-corrected chi connectivity index (χ0v) is 9.65. The van der Waals surface area contributed by atoms with Crippen molar-refractivity contribution in [2.24, 2.45) is 11.7 Å². The highest BCUT2D eigenvalue weighted by molar-refractivity contribution is 7.99. The molecule has 0 aliphatic rings. The highest BCUT2D eigenvalue weighted by Gasteiger charge is 2.15. The standard InChI is InChI=1S/C9H20N2OS/c1-6(2)7(3)13-5-8(11-4)9(10)12/h6-8,11H,5H2,1-4H3,(H2,10,12). The summed E-state index contributed by atoms with van der Waals surface area (Å²) in [6.45, 7) is 6.52. The average Bonchev–Trinajstić information content (AvgIpc) is 2.04. The molecule has 0 heterocycles. The lowest BCUT2D eigenvalue weighted by atomic mass is 10.2. The Morgan fingerprint density at radius 3 is 2.31 bits per heavy atom. The molecule has 0 bridgehead atoms. The first kappa shape index (κ1) is 12.8. The lowest BCUT2D eigenvalue weighted by Crippen LogP contribution is -2.41. The van der Waals surface area contributed by atoms with Crippen LogP contribution < -0.4 is 11.1 Å². The summed E-state index contributed by atoms with van der Waals surface area (Å²) in [6.07, 6.45) is 0. The SMILES string of the molecule is CNC(CSC(C)C(C)C)C(N)=O. The van der Waals surface area contributed by atoms with Crippen LogP contribution in [0.25, 0.3) is 0 Å². The Hall–Kier alpha value is -0.220. The quantitative estimate of drug-likeness (QED) is 0.674. The predicted octanol–water partition coefficient (Wildman–Crippen LogP) is 0.837. The van der Waals surface area contributed by atoms with E-state index in [2.05, 4.69) is 26.1 Å². The van der Waals surface area contributed by atoms with Gasteiger partial charge in [0.25, 0.3) is 0 Å². The van der Waals surface area contributed by atoms with E-state index < -0.39 is 0 Å². The second-order valence-corrected chi connectivity index (χ2v) is 4.94. The first-order valence-electron chi connectivity index (χ1n) is 4.57. The van der Waals surface area contributed by atoms with Crippen LogP contribution in [0, 0.1) is 5.92 Å². The van der Waals surface area contributed by atoms with Gasteiger partial charge in [-0.15, -0.1) is 0 Å². The van der Waals surface area contributed by atoms with Crippen molar-refractivity contribution >= 4 is 17.7 Å². The number of nitrogens with one attached hydrogen (secondary N) is 1. The molecule has 1 amide bonds. The molecule has 0 rings (SSSR count). The Bertz CT molecular complexity index is 162. The molecule has 78 valence electrons. The van der Waals surface area contributed by atoms with Gasteiger partial charge in [0, 0.05) is 11.0 Å². The zero-order chi connectivity index (χ0) is 10.4. The van der Waals surface area contributed by atoms with Crippen molar-refractivity contribution in [1.82, 2.24) is 5.32 Å². The van der Waals surface area contributed by atoms with Gasteiger partial charge in [-0.3, -0.25) is 4.79 Å². The largest absolute Gasteiger partial charge is 0.368 e. The molecular weight excluding hydrogens is 184 g/mol. The molecule has 0 aromatic carbocycles. The Balaban J connectivity index is 3.78. The molecule has 0 aromatic rings. The van der Waals surface area contributed by atoms with Crippen LogP contribution in [0.5, 0.6) is 0 Å². The molecule has 4 heteroatoms. The van der Waals surface area contributed by atoms with Crippen LogP contribution in [0.2, 0.25) is 0 Å². The summed E-state index contributed by atoms with van der Waals surface area (Å²) in [4.78, 5) is 10.9. The molecule has 2 atom stereocenters. The Morgan fingerprint density at radius 2 is 2.00 bits per heavy atom. The van der Waals surface area contributed by atoms with Gasteiger partial charge >= 0.3 is 0 Å². The van der Waals surface area contributed by atoms with Crippen LogP contribution in [0.15, 0.2) is 0 Å². The molecule has 0 saturated heterocycles. The molecule has 0 radical (unpaired) electrons. The third kappa shape index (κ3) is 5.16. The molecule has 0 saturated carbocycles. The number of likely N-dealkylation sites (N-methyl/N-ethyl adjacent to an activating group) is 1. The minimum atomic E-state index is -0.272. The topological polar surface area (TPSA) is 55.1 Å². The Morgan fingerprint density at radius 1 is 1.46 bits per heavy atom. The predicted molar refractivity (Wildman–Crippen MR) is 58.8 cm³/mol. The van der Waals surface area contributed by atoms with Crippen LogP contribution in [0.4, 0.5) is 0 Å². The number of primary amides is 1. The third-order valence-corrected chi connectivity index (χ3v) is 3.75. The minimum Gasteiger partial charge on any atom is -0.368 e. The number of amides is 1. The van der Waals surface area contributed by atoms with Gasteiger partial charge in [0.15, 0.2) is 0 Å². The summed E-state index contributed by atoms with van der Waals surface area (Å²) in [5.74, 6) is 1.12. The van der Waals surface area contributed by atoms with Gasteiger partial charge in [-0.2, -0.15) is 11.8 Å². The van der Waals surface area contributed by atoms with Crippen molar-refractivity contribution < 1.29 is 4.79 Å². The molecule has 0 aliphatic heterocycles. The second-order valence-electron chi connectivity index (χ2n) is 3.53. The first-order chi connectivity index (χ1) is 5.99. The van der Waals surface area contributed by atoms with Crippen molar-refractivity contribution in [2.75, 3.05) is 12.8 Å². The van der Waals surface area contributed by atoms with Crippen molar-refractivity contribution in [3.05, 3.63) is 0 Å². The molecule has 0 spiro atoms. The smallest absolute Gasteiger partial charge is 0.235 e. The molecule has 2 unspecified atom stereocenters. The normalized spacial score (nSPS) is 15.8. The molecule has 13 heavy (non-hydrogen) atoms. The van der Waals surface area contributed by atoms with E-state index in [1.165, 1.54) is 0 Å². The van der Waals surface area contributed by atoms with E-state index in [1.54, 1.807) is 18.8 Å². The van der Waals surface area contributed by atoms with E-state index in [-0.39, 0.29) is 11.9 Å². The van der Waals surface area contributed by atoms with Gasteiger partial charge in [-0.25, -0.2) is 0 Å². The second kappa shape index (κ2) is 6.27. The lowest BCUT2D eigenvalue weighted by Gasteiger charge is -2.18. The van der Waals surface area contributed by atoms with E-state index in [0.717, 1.165) is 5.75 Å². The molecule has 0 aromatic heterocycles. The van der Waals surface area contributed by atoms with Crippen LogP contribution in [0.3, 0.4) is 0 Å². The monoisotopic (exact) mass is 204 g/mol. The zero-order valence-electron chi connectivity index (χ0n) is 8.83. The van der Waals surface area contributed by atoms with Gasteiger partial charge in [-0.05, 0) is 13.0 Å². The van der Waals surface area contributed by atoms with E-state index in [1.807, 2.05) is 0 Å². The van der Waals surface area contributed by atoms with Crippen molar-refractivity contribution in [3.8, 4) is 0 Å². The Labute approximate surface area is 84.8 Å². The van der Waals surface area contributed by atoms with Gasteiger partial charge in [0.2, 0.25) is 5.91 Å². The number of nitrogens with two attached hydrogens (primary N) is 1.